The average Bonchev–Trinajstić information content (AvgIpc) is 3.19. The second-order valence-corrected chi connectivity index (χ2v) is 7.16. The van der Waals surface area contributed by atoms with Gasteiger partial charge in [-0.1, -0.05) is 12.8 Å². The molecule has 4 heteroatoms. The normalized spacial score (nSPS) is 29.0. The number of likely N-dealkylation sites (tertiary alicyclic amines) is 1. The van der Waals surface area contributed by atoms with Gasteiger partial charge in [0.15, 0.2) is 0 Å². The van der Waals surface area contributed by atoms with E-state index in [1.165, 1.54) is 51.6 Å². The Bertz CT molecular complexity index is 328. The Labute approximate surface area is 128 Å². The quantitative estimate of drug-likeness (QED) is 0.845. The van der Waals surface area contributed by atoms with E-state index in [0.29, 0.717) is 18.3 Å². The van der Waals surface area contributed by atoms with Crippen LogP contribution in [0.3, 0.4) is 0 Å². The topological polar surface area (TPSA) is 41.6 Å². The molecule has 3 rings (SSSR count). The molecule has 1 unspecified atom stereocenters. The maximum Gasteiger partial charge on any atom is 0.220 e. The lowest BCUT2D eigenvalue weighted by Crippen LogP contribution is -2.42. The van der Waals surface area contributed by atoms with Crippen LogP contribution in [0.1, 0.15) is 51.4 Å². The summed E-state index contributed by atoms with van der Waals surface area (Å²) in [4.78, 5) is 14.6. The van der Waals surface area contributed by atoms with Crippen molar-refractivity contribution in [1.82, 2.24) is 10.2 Å². The number of hydrogen-bond donors (Lipinski definition) is 1. The maximum absolute atomic E-state index is 11.9. The van der Waals surface area contributed by atoms with Crippen molar-refractivity contribution in [3.8, 4) is 0 Å². The van der Waals surface area contributed by atoms with E-state index in [0.717, 1.165) is 32.2 Å². The monoisotopic (exact) mass is 294 g/mol. The van der Waals surface area contributed by atoms with Crippen LogP contribution in [0.5, 0.6) is 0 Å². The van der Waals surface area contributed by atoms with E-state index in [1.807, 2.05) is 0 Å². The summed E-state index contributed by atoms with van der Waals surface area (Å²) in [7, 11) is 0. The Morgan fingerprint density at radius 1 is 1.05 bits per heavy atom. The zero-order chi connectivity index (χ0) is 14.5. The maximum atomic E-state index is 11.9. The van der Waals surface area contributed by atoms with Crippen LogP contribution in [0.2, 0.25) is 0 Å². The van der Waals surface area contributed by atoms with Gasteiger partial charge in [0, 0.05) is 32.2 Å². The van der Waals surface area contributed by atoms with Gasteiger partial charge in [-0.05, 0) is 57.0 Å². The van der Waals surface area contributed by atoms with Gasteiger partial charge in [0.25, 0.3) is 0 Å². The van der Waals surface area contributed by atoms with E-state index in [2.05, 4.69) is 10.2 Å². The number of nitrogens with zero attached hydrogens (tertiary/aromatic N) is 1. The third kappa shape index (κ3) is 4.43. The molecular weight excluding hydrogens is 264 g/mol. The van der Waals surface area contributed by atoms with Gasteiger partial charge in [-0.25, -0.2) is 0 Å². The van der Waals surface area contributed by atoms with Crippen LogP contribution in [0.4, 0.5) is 0 Å². The van der Waals surface area contributed by atoms with Crippen molar-refractivity contribution in [2.45, 2.75) is 57.4 Å². The van der Waals surface area contributed by atoms with Crippen LogP contribution in [-0.2, 0) is 9.53 Å². The van der Waals surface area contributed by atoms with E-state index in [9.17, 15) is 4.79 Å². The number of hydrogen-bond acceptors (Lipinski definition) is 3. The molecule has 0 aromatic heterocycles. The summed E-state index contributed by atoms with van der Waals surface area (Å²) in [6, 6.07) is 0.864. The molecule has 0 bridgehead atoms. The van der Waals surface area contributed by atoms with Gasteiger partial charge >= 0.3 is 0 Å². The number of ether oxygens (including phenoxy) is 1. The zero-order valence-corrected chi connectivity index (χ0v) is 13.2. The summed E-state index contributed by atoms with van der Waals surface area (Å²) < 4.78 is 5.33. The number of amides is 1. The Kier molecular flexibility index (Phi) is 5.53. The molecule has 120 valence electrons. The van der Waals surface area contributed by atoms with Crippen LogP contribution in [0.15, 0.2) is 0 Å². The lowest BCUT2D eigenvalue weighted by atomic mass is 9.95. The van der Waals surface area contributed by atoms with E-state index < -0.39 is 0 Å². The van der Waals surface area contributed by atoms with Crippen molar-refractivity contribution in [2.75, 3.05) is 32.8 Å². The van der Waals surface area contributed by atoms with Crippen molar-refractivity contribution in [3.63, 3.8) is 0 Å². The molecule has 1 atom stereocenters. The third-order valence-corrected chi connectivity index (χ3v) is 5.58. The molecule has 1 saturated carbocycles. The van der Waals surface area contributed by atoms with E-state index in [4.69, 9.17) is 4.74 Å². The van der Waals surface area contributed by atoms with E-state index in [1.54, 1.807) is 0 Å². The molecule has 4 nitrogen and oxygen atoms in total. The van der Waals surface area contributed by atoms with Crippen LogP contribution in [-0.4, -0.2) is 49.7 Å². The first kappa shape index (κ1) is 15.3. The van der Waals surface area contributed by atoms with Crippen LogP contribution in [0.25, 0.3) is 0 Å². The first-order chi connectivity index (χ1) is 10.3. The minimum absolute atomic E-state index is 0.226. The first-order valence-corrected chi connectivity index (χ1v) is 8.90. The van der Waals surface area contributed by atoms with Gasteiger partial charge in [-0.2, -0.15) is 0 Å². The van der Waals surface area contributed by atoms with Crippen LogP contribution in [0, 0.1) is 11.8 Å². The number of rotatable bonds is 5. The van der Waals surface area contributed by atoms with Gasteiger partial charge < -0.3 is 15.0 Å². The third-order valence-electron chi connectivity index (χ3n) is 5.58. The zero-order valence-electron chi connectivity index (χ0n) is 13.2. The molecular formula is C17H30N2O2. The second-order valence-electron chi connectivity index (χ2n) is 7.16. The molecule has 2 heterocycles. The smallest absolute Gasteiger partial charge is 0.220 e. The molecule has 0 aromatic carbocycles. The Morgan fingerprint density at radius 2 is 1.81 bits per heavy atom. The second kappa shape index (κ2) is 7.59. The molecule has 1 N–H and O–H groups in total. The van der Waals surface area contributed by atoms with Crippen molar-refractivity contribution < 1.29 is 9.53 Å². The first-order valence-electron chi connectivity index (χ1n) is 8.90. The van der Waals surface area contributed by atoms with Crippen LogP contribution < -0.4 is 5.32 Å². The fourth-order valence-corrected chi connectivity index (χ4v) is 4.13. The molecule has 3 aliphatic rings. The number of carbonyl (C=O) groups excluding carboxylic acids is 1. The largest absolute Gasteiger partial charge is 0.381 e. The van der Waals surface area contributed by atoms with Crippen molar-refractivity contribution in [3.05, 3.63) is 0 Å². The van der Waals surface area contributed by atoms with Gasteiger partial charge in [0.05, 0.1) is 0 Å². The van der Waals surface area contributed by atoms with E-state index in [-0.39, 0.29) is 5.91 Å². The van der Waals surface area contributed by atoms with Gasteiger partial charge in [-0.15, -0.1) is 0 Å². The highest BCUT2D eigenvalue weighted by Crippen LogP contribution is 2.27. The highest BCUT2D eigenvalue weighted by atomic mass is 16.5. The predicted molar refractivity (Wildman–Crippen MR) is 83.1 cm³/mol. The van der Waals surface area contributed by atoms with Gasteiger partial charge in [0.2, 0.25) is 5.91 Å². The summed E-state index contributed by atoms with van der Waals surface area (Å²) in [5.74, 6) is 1.37. The average molecular weight is 294 g/mol. The summed E-state index contributed by atoms with van der Waals surface area (Å²) in [5.41, 5.74) is 0. The van der Waals surface area contributed by atoms with Crippen molar-refractivity contribution >= 4 is 5.91 Å². The minimum atomic E-state index is 0.226. The Morgan fingerprint density at radius 3 is 2.48 bits per heavy atom. The highest BCUT2D eigenvalue weighted by Gasteiger charge is 2.27. The lowest BCUT2D eigenvalue weighted by molar-refractivity contribution is -0.122. The van der Waals surface area contributed by atoms with E-state index >= 15 is 0 Å². The molecule has 1 amide bonds. The Balaban J connectivity index is 1.30. The lowest BCUT2D eigenvalue weighted by Gasteiger charge is -2.36. The number of nitrogens with one attached hydrogen (secondary N) is 1. The highest BCUT2D eigenvalue weighted by molar-refractivity contribution is 5.76. The van der Waals surface area contributed by atoms with Gasteiger partial charge in [0.1, 0.15) is 0 Å². The van der Waals surface area contributed by atoms with Crippen molar-refractivity contribution in [1.29, 1.82) is 0 Å². The molecule has 1 aliphatic carbocycles. The molecule has 0 aromatic rings. The van der Waals surface area contributed by atoms with Gasteiger partial charge in [-0.3, -0.25) is 4.79 Å². The molecule has 2 saturated heterocycles. The minimum Gasteiger partial charge on any atom is -0.381 e. The SMILES string of the molecule is O=C(CC1CCOC1)NCC1CCN(C2CCCC2)CC1. The molecule has 3 fully saturated rings. The number of carbonyl (C=O) groups is 1. The van der Waals surface area contributed by atoms with Crippen molar-refractivity contribution in [2.24, 2.45) is 11.8 Å². The molecule has 21 heavy (non-hydrogen) atoms. The fourth-order valence-electron chi connectivity index (χ4n) is 4.13. The standard InChI is InChI=1S/C17H30N2O2/c20-17(11-15-7-10-21-13-15)18-12-14-5-8-19(9-6-14)16-3-1-2-4-16/h14-16H,1-13H2,(H,18,20). The number of piperidine rings is 1. The summed E-state index contributed by atoms with van der Waals surface area (Å²) >= 11 is 0. The predicted octanol–water partition coefficient (Wildman–Crippen LogP) is 2.18. The summed E-state index contributed by atoms with van der Waals surface area (Å²) in [6.45, 7) is 4.96. The Hall–Kier alpha value is -0.610. The summed E-state index contributed by atoms with van der Waals surface area (Å²) in [5, 5.41) is 3.15. The molecule has 0 radical (unpaired) electrons. The fraction of sp³-hybridized carbons (Fsp3) is 0.941. The molecule has 2 aliphatic heterocycles. The van der Waals surface area contributed by atoms with Crippen LogP contribution >= 0.6 is 0 Å². The molecule has 0 spiro atoms. The summed E-state index contributed by atoms with van der Waals surface area (Å²) in [6.07, 6.45) is 9.87.